The molecule has 4 rings (SSSR count). The number of amides is 1. The molecule has 0 bridgehead atoms. The molecule has 3 aromatic carbocycles. The molecule has 1 saturated heterocycles. The lowest BCUT2D eigenvalue weighted by Gasteiger charge is -2.26. The highest BCUT2D eigenvalue weighted by Gasteiger charge is 2.45. The molecule has 1 unspecified atom stereocenters. The number of carbonyl (C=O) groups is 2. The molecule has 1 N–H and O–H groups in total. The van der Waals surface area contributed by atoms with Crippen LogP contribution >= 0.6 is 0 Å². The van der Waals surface area contributed by atoms with Crippen LogP contribution in [0.25, 0.3) is 5.76 Å². The van der Waals surface area contributed by atoms with E-state index in [0.717, 1.165) is 11.1 Å². The van der Waals surface area contributed by atoms with Gasteiger partial charge in [0.1, 0.15) is 30.5 Å². The predicted molar refractivity (Wildman–Crippen MR) is 152 cm³/mol. The van der Waals surface area contributed by atoms with E-state index >= 15 is 0 Å². The molecule has 0 aliphatic carbocycles. The average Bonchev–Trinajstić information content (AvgIpc) is 3.19. The molecule has 0 aromatic heterocycles. The molecule has 0 radical (unpaired) electrons. The maximum atomic E-state index is 13.2. The number of ether oxygens (including phenoxy) is 2. The number of rotatable bonds is 11. The molecule has 7 heteroatoms. The van der Waals surface area contributed by atoms with Crippen LogP contribution in [0.3, 0.4) is 0 Å². The summed E-state index contributed by atoms with van der Waals surface area (Å²) in [6, 6.07) is 21.4. The van der Waals surface area contributed by atoms with Gasteiger partial charge in [0.05, 0.1) is 11.6 Å². The van der Waals surface area contributed by atoms with E-state index in [9.17, 15) is 14.7 Å². The topological polar surface area (TPSA) is 79.3 Å². The van der Waals surface area contributed by atoms with Crippen molar-refractivity contribution in [1.82, 2.24) is 9.80 Å². The number of hydrogen-bond donors (Lipinski definition) is 1. The Hall–Kier alpha value is -4.36. The first-order valence-corrected chi connectivity index (χ1v) is 12.8. The van der Waals surface area contributed by atoms with E-state index in [0.29, 0.717) is 48.9 Å². The smallest absolute Gasteiger partial charge is 0.295 e. The van der Waals surface area contributed by atoms with Crippen molar-refractivity contribution < 1.29 is 24.2 Å². The zero-order valence-corrected chi connectivity index (χ0v) is 22.6. The van der Waals surface area contributed by atoms with Gasteiger partial charge in [-0.25, -0.2) is 0 Å². The van der Waals surface area contributed by atoms with Crippen LogP contribution in [0.2, 0.25) is 0 Å². The van der Waals surface area contributed by atoms with Crippen molar-refractivity contribution in [3.63, 3.8) is 0 Å². The number of benzene rings is 3. The number of likely N-dealkylation sites (N-methyl/N-ethyl adjacent to an activating group) is 1. The first-order chi connectivity index (χ1) is 18.8. The van der Waals surface area contributed by atoms with Gasteiger partial charge in [0.2, 0.25) is 0 Å². The Morgan fingerprint density at radius 1 is 0.974 bits per heavy atom. The van der Waals surface area contributed by atoms with E-state index in [1.807, 2.05) is 62.3 Å². The second-order valence-electron chi connectivity index (χ2n) is 9.70. The van der Waals surface area contributed by atoms with Crippen molar-refractivity contribution in [2.75, 3.05) is 33.8 Å². The number of carbonyl (C=O) groups excluding carboxylic acids is 2. The lowest BCUT2D eigenvalue weighted by molar-refractivity contribution is -0.140. The van der Waals surface area contributed by atoms with Crippen LogP contribution in [0.1, 0.15) is 28.3 Å². The summed E-state index contributed by atoms with van der Waals surface area (Å²) >= 11 is 0. The van der Waals surface area contributed by atoms with Crippen LogP contribution in [-0.2, 0) is 16.2 Å². The lowest BCUT2D eigenvalue weighted by atomic mass is 9.95. The highest BCUT2D eigenvalue weighted by atomic mass is 16.5. The van der Waals surface area contributed by atoms with Gasteiger partial charge in [0.25, 0.3) is 11.7 Å². The molecule has 1 aliphatic rings. The highest BCUT2D eigenvalue weighted by Crippen LogP contribution is 2.40. The van der Waals surface area contributed by atoms with E-state index in [4.69, 9.17) is 9.47 Å². The summed E-state index contributed by atoms with van der Waals surface area (Å²) < 4.78 is 11.5. The number of nitrogens with zero attached hydrogens (tertiary/aromatic N) is 2. The van der Waals surface area contributed by atoms with Crippen LogP contribution in [-0.4, -0.2) is 60.4 Å². The first-order valence-electron chi connectivity index (χ1n) is 12.8. The van der Waals surface area contributed by atoms with Crippen LogP contribution < -0.4 is 9.47 Å². The number of hydrogen-bond acceptors (Lipinski definition) is 6. The molecule has 7 nitrogen and oxygen atoms in total. The number of Topliss-reactive ketones (excluding diaryl/α,β-unsaturated/α-hetero) is 1. The highest BCUT2D eigenvalue weighted by molar-refractivity contribution is 6.46. The Morgan fingerprint density at radius 3 is 2.26 bits per heavy atom. The summed E-state index contributed by atoms with van der Waals surface area (Å²) in [7, 11) is 3.81. The molecule has 1 aliphatic heterocycles. The van der Waals surface area contributed by atoms with Gasteiger partial charge in [-0.3, -0.25) is 9.59 Å². The molecule has 1 fully saturated rings. The lowest BCUT2D eigenvalue weighted by Crippen LogP contribution is -2.35. The Balaban J connectivity index is 1.64. The van der Waals surface area contributed by atoms with Crippen molar-refractivity contribution in [2.24, 2.45) is 0 Å². The van der Waals surface area contributed by atoms with Crippen LogP contribution in [0.15, 0.2) is 91.0 Å². The molecule has 1 amide bonds. The Kier molecular flexibility index (Phi) is 8.84. The Bertz CT molecular complexity index is 1360. The minimum absolute atomic E-state index is 0.0621. The van der Waals surface area contributed by atoms with Gasteiger partial charge in [-0.15, -0.1) is 0 Å². The normalized spacial score (nSPS) is 16.5. The van der Waals surface area contributed by atoms with Crippen molar-refractivity contribution in [2.45, 2.75) is 19.6 Å². The standard InChI is InChI=1S/C32H34N2O5/c1-5-20-38-26-14-10-23(11-15-26)29-28(31(36)32(37)34(29)19-18-33(3)4)30(35)24-12-16-27(17-13-24)39-21-25-9-7-6-8-22(25)2/h5-17,29,35H,1,18-21H2,2-4H3. The molecule has 0 spiro atoms. The largest absolute Gasteiger partial charge is 0.507 e. The van der Waals surface area contributed by atoms with Crippen molar-refractivity contribution in [1.29, 1.82) is 0 Å². The summed E-state index contributed by atoms with van der Waals surface area (Å²) in [4.78, 5) is 29.8. The fraction of sp³-hybridized carbons (Fsp3) is 0.250. The summed E-state index contributed by atoms with van der Waals surface area (Å²) in [5.74, 6) is -0.280. The van der Waals surface area contributed by atoms with E-state index < -0.39 is 17.7 Å². The van der Waals surface area contributed by atoms with E-state index in [-0.39, 0.29) is 11.3 Å². The molecule has 0 saturated carbocycles. The van der Waals surface area contributed by atoms with Crippen LogP contribution in [0.4, 0.5) is 0 Å². The zero-order chi connectivity index (χ0) is 27.9. The molecular formula is C32H34N2O5. The molecular weight excluding hydrogens is 492 g/mol. The van der Waals surface area contributed by atoms with Gasteiger partial charge < -0.3 is 24.4 Å². The third kappa shape index (κ3) is 6.38. The van der Waals surface area contributed by atoms with Gasteiger partial charge in [-0.05, 0) is 74.1 Å². The van der Waals surface area contributed by atoms with Gasteiger partial charge in [0, 0.05) is 18.7 Å². The summed E-state index contributed by atoms with van der Waals surface area (Å²) in [5.41, 5.74) is 3.43. The van der Waals surface area contributed by atoms with Gasteiger partial charge >= 0.3 is 0 Å². The molecule has 1 heterocycles. The molecule has 202 valence electrons. The fourth-order valence-electron chi connectivity index (χ4n) is 4.46. The van der Waals surface area contributed by atoms with Gasteiger partial charge in [-0.1, -0.05) is 49.1 Å². The minimum Gasteiger partial charge on any atom is -0.507 e. The maximum absolute atomic E-state index is 13.2. The van der Waals surface area contributed by atoms with Gasteiger partial charge in [0.15, 0.2) is 0 Å². The number of aliphatic hydroxyl groups excluding tert-OH is 1. The van der Waals surface area contributed by atoms with E-state index in [2.05, 4.69) is 6.58 Å². The van der Waals surface area contributed by atoms with Crippen LogP contribution in [0, 0.1) is 6.92 Å². The number of aliphatic hydroxyl groups is 1. The maximum Gasteiger partial charge on any atom is 0.295 e. The number of likely N-dealkylation sites (tertiary alicyclic amines) is 1. The molecule has 39 heavy (non-hydrogen) atoms. The third-order valence-corrected chi connectivity index (χ3v) is 6.68. The number of ketones is 1. The quantitative estimate of drug-likeness (QED) is 0.162. The van der Waals surface area contributed by atoms with E-state index in [1.165, 1.54) is 4.90 Å². The van der Waals surface area contributed by atoms with Crippen molar-refractivity contribution >= 4 is 17.4 Å². The van der Waals surface area contributed by atoms with Crippen LogP contribution in [0.5, 0.6) is 11.5 Å². The van der Waals surface area contributed by atoms with Crippen molar-refractivity contribution in [3.8, 4) is 11.5 Å². The molecule has 1 atom stereocenters. The summed E-state index contributed by atoms with van der Waals surface area (Å²) in [6.07, 6.45) is 1.66. The fourth-order valence-corrected chi connectivity index (χ4v) is 4.46. The third-order valence-electron chi connectivity index (χ3n) is 6.68. The Labute approximate surface area is 229 Å². The zero-order valence-electron chi connectivity index (χ0n) is 22.6. The molecule has 3 aromatic rings. The summed E-state index contributed by atoms with van der Waals surface area (Å²) in [5, 5.41) is 11.3. The second kappa shape index (κ2) is 12.5. The first kappa shape index (κ1) is 27.7. The second-order valence-corrected chi connectivity index (χ2v) is 9.70. The SMILES string of the molecule is C=CCOc1ccc(C2C(=C(O)c3ccc(OCc4ccccc4C)cc3)C(=O)C(=O)N2CCN(C)C)cc1. The van der Waals surface area contributed by atoms with Gasteiger partial charge in [-0.2, -0.15) is 0 Å². The Morgan fingerprint density at radius 2 is 1.62 bits per heavy atom. The van der Waals surface area contributed by atoms with E-state index in [1.54, 1.807) is 42.5 Å². The predicted octanol–water partition coefficient (Wildman–Crippen LogP) is 5.12. The van der Waals surface area contributed by atoms with Crippen molar-refractivity contribution in [3.05, 3.63) is 113 Å². The average molecular weight is 527 g/mol. The minimum atomic E-state index is -0.726. The summed E-state index contributed by atoms with van der Waals surface area (Å²) in [6.45, 7) is 7.37. The monoisotopic (exact) mass is 526 g/mol. The number of aryl methyl sites for hydroxylation is 1.